The molecule has 1 aliphatic heterocycles. The van der Waals surface area contributed by atoms with Crippen molar-refractivity contribution in [2.75, 3.05) is 11.9 Å². The van der Waals surface area contributed by atoms with Gasteiger partial charge in [0.05, 0.1) is 23.1 Å². The fourth-order valence-electron chi connectivity index (χ4n) is 3.53. The Kier molecular flexibility index (Phi) is 5.61. The van der Waals surface area contributed by atoms with Gasteiger partial charge in [-0.05, 0) is 65.8 Å². The monoisotopic (exact) mass is 488 g/mol. The van der Waals surface area contributed by atoms with Gasteiger partial charge in [0.25, 0.3) is 5.91 Å². The summed E-state index contributed by atoms with van der Waals surface area (Å²) in [6.45, 7) is 0.920. The Labute approximate surface area is 176 Å². The predicted octanol–water partition coefficient (Wildman–Crippen LogP) is 3.74. The summed E-state index contributed by atoms with van der Waals surface area (Å²) in [5, 5.41) is 5.51. The minimum atomic E-state index is -0.264. The van der Waals surface area contributed by atoms with Crippen molar-refractivity contribution in [1.29, 1.82) is 0 Å². The predicted molar refractivity (Wildman–Crippen MR) is 117 cm³/mol. The zero-order valence-electron chi connectivity index (χ0n) is 15.4. The topological polar surface area (TPSA) is 76.0 Å². The highest BCUT2D eigenvalue weighted by molar-refractivity contribution is 14.1. The third kappa shape index (κ3) is 4.04. The van der Waals surface area contributed by atoms with Gasteiger partial charge >= 0.3 is 0 Å². The molecule has 6 nitrogen and oxygen atoms in total. The van der Waals surface area contributed by atoms with Crippen LogP contribution in [0.4, 0.5) is 5.69 Å². The van der Waals surface area contributed by atoms with Crippen LogP contribution in [0.3, 0.4) is 0 Å². The number of nitrogens with one attached hydrogen (secondary N) is 2. The molecule has 2 amide bonds. The molecule has 4 rings (SSSR count). The van der Waals surface area contributed by atoms with Crippen molar-refractivity contribution in [3.63, 3.8) is 0 Å². The standard InChI is InChI=1S/C21H21IN4O2/c22-16-7-4-3-6-15(16)21(28)23-13-20(27)24-14-9-10-18-17(12-14)25-19-8-2-1-5-11-26(18)19/h3-4,6-7,9-10,12H,1-2,5,8,11,13H2,(H,23,28)(H,24,27). The summed E-state index contributed by atoms with van der Waals surface area (Å²) >= 11 is 2.11. The van der Waals surface area contributed by atoms with Gasteiger partial charge in [-0.15, -0.1) is 0 Å². The Morgan fingerprint density at radius 3 is 2.82 bits per heavy atom. The first-order valence-electron chi connectivity index (χ1n) is 9.43. The quantitative estimate of drug-likeness (QED) is 0.550. The summed E-state index contributed by atoms with van der Waals surface area (Å²) in [6, 6.07) is 13.1. The van der Waals surface area contributed by atoms with Crippen LogP contribution in [-0.2, 0) is 17.8 Å². The number of carbonyl (C=O) groups excluding carboxylic acids is 2. The summed E-state index contributed by atoms with van der Waals surface area (Å²) in [5.74, 6) is 0.605. The van der Waals surface area contributed by atoms with Gasteiger partial charge < -0.3 is 15.2 Å². The maximum absolute atomic E-state index is 12.3. The van der Waals surface area contributed by atoms with Crippen molar-refractivity contribution in [2.24, 2.45) is 0 Å². The van der Waals surface area contributed by atoms with E-state index in [-0.39, 0.29) is 18.4 Å². The van der Waals surface area contributed by atoms with E-state index in [2.05, 4.69) is 37.8 Å². The average molecular weight is 488 g/mol. The summed E-state index contributed by atoms with van der Waals surface area (Å²) in [4.78, 5) is 29.2. The minimum absolute atomic E-state index is 0.0818. The second kappa shape index (κ2) is 8.30. The lowest BCUT2D eigenvalue weighted by Gasteiger charge is -2.08. The van der Waals surface area contributed by atoms with E-state index < -0.39 is 0 Å². The molecule has 0 saturated carbocycles. The van der Waals surface area contributed by atoms with E-state index in [4.69, 9.17) is 4.98 Å². The van der Waals surface area contributed by atoms with Crippen LogP contribution in [0.1, 0.15) is 35.4 Å². The maximum Gasteiger partial charge on any atom is 0.252 e. The van der Waals surface area contributed by atoms with E-state index in [0.717, 1.165) is 33.4 Å². The third-order valence-electron chi connectivity index (χ3n) is 4.92. The second-order valence-corrected chi connectivity index (χ2v) is 8.07. The first-order chi connectivity index (χ1) is 13.6. The van der Waals surface area contributed by atoms with Crippen LogP contribution in [0.5, 0.6) is 0 Å². The van der Waals surface area contributed by atoms with Gasteiger partial charge in [-0.1, -0.05) is 18.6 Å². The minimum Gasteiger partial charge on any atom is -0.343 e. The zero-order chi connectivity index (χ0) is 19.5. The molecule has 0 spiro atoms. The number of benzene rings is 2. The molecule has 144 valence electrons. The van der Waals surface area contributed by atoms with Gasteiger partial charge in [-0.2, -0.15) is 0 Å². The highest BCUT2D eigenvalue weighted by Crippen LogP contribution is 2.24. The molecule has 0 atom stereocenters. The lowest BCUT2D eigenvalue weighted by molar-refractivity contribution is -0.115. The molecular weight excluding hydrogens is 467 g/mol. The average Bonchev–Trinajstić information content (AvgIpc) is 2.86. The fraction of sp³-hybridized carbons (Fsp3) is 0.286. The van der Waals surface area contributed by atoms with Crippen LogP contribution in [0.15, 0.2) is 42.5 Å². The molecule has 3 aromatic rings. The van der Waals surface area contributed by atoms with Gasteiger partial charge in [-0.3, -0.25) is 9.59 Å². The molecule has 28 heavy (non-hydrogen) atoms. The van der Waals surface area contributed by atoms with Crippen LogP contribution in [-0.4, -0.2) is 27.9 Å². The molecule has 0 saturated heterocycles. The van der Waals surface area contributed by atoms with Crippen molar-refractivity contribution in [1.82, 2.24) is 14.9 Å². The molecule has 0 fully saturated rings. The Hall–Kier alpha value is -2.42. The van der Waals surface area contributed by atoms with Crippen molar-refractivity contribution in [3.8, 4) is 0 Å². The summed E-state index contributed by atoms with van der Waals surface area (Å²) < 4.78 is 3.14. The molecule has 0 bridgehead atoms. The van der Waals surface area contributed by atoms with Crippen molar-refractivity contribution in [3.05, 3.63) is 57.4 Å². The molecule has 0 radical (unpaired) electrons. The smallest absolute Gasteiger partial charge is 0.252 e. The first-order valence-corrected chi connectivity index (χ1v) is 10.5. The number of rotatable bonds is 4. The van der Waals surface area contributed by atoms with E-state index in [1.807, 2.05) is 30.3 Å². The number of fused-ring (bicyclic) bond motifs is 3. The normalized spacial score (nSPS) is 13.6. The van der Waals surface area contributed by atoms with Gasteiger partial charge in [-0.25, -0.2) is 4.98 Å². The molecule has 0 unspecified atom stereocenters. The van der Waals surface area contributed by atoms with E-state index in [9.17, 15) is 9.59 Å². The van der Waals surface area contributed by atoms with E-state index in [1.165, 1.54) is 19.3 Å². The Bertz CT molecular complexity index is 1040. The molecule has 1 aliphatic rings. The number of amides is 2. The van der Waals surface area contributed by atoms with E-state index >= 15 is 0 Å². The second-order valence-electron chi connectivity index (χ2n) is 6.90. The molecular formula is C21H21IN4O2. The Morgan fingerprint density at radius 2 is 1.96 bits per heavy atom. The van der Waals surface area contributed by atoms with Crippen molar-refractivity contribution < 1.29 is 9.59 Å². The fourth-order valence-corrected chi connectivity index (χ4v) is 4.17. The number of aromatic nitrogens is 2. The highest BCUT2D eigenvalue weighted by atomic mass is 127. The van der Waals surface area contributed by atoms with Crippen molar-refractivity contribution >= 4 is 51.1 Å². The summed E-state index contributed by atoms with van der Waals surface area (Å²) in [7, 11) is 0. The number of halogens is 1. The molecule has 1 aromatic heterocycles. The lowest BCUT2D eigenvalue weighted by atomic mass is 10.2. The molecule has 0 aliphatic carbocycles. The molecule has 2 N–H and O–H groups in total. The Morgan fingerprint density at radius 1 is 1.11 bits per heavy atom. The molecule has 2 aromatic carbocycles. The molecule has 2 heterocycles. The lowest BCUT2D eigenvalue weighted by Crippen LogP contribution is -2.33. The highest BCUT2D eigenvalue weighted by Gasteiger charge is 2.15. The molecule has 7 heteroatoms. The van der Waals surface area contributed by atoms with Crippen LogP contribution in [0.2, 0.25) is 0 Å². The SMILES string of the molecule is O=C(CNC(=O)c1ccccc1I)Nc1ccc2c(c1)nc1n2CCCCC1. The third-order valence-corrected chi connectivity index (χ3v) is 5.86. The Balaban J connectivity index is 1.41. The van der Waals surface area contributed by atoms with Gasteiger partial charge in [0, 0.05) is 22.2 Å². The number of carbonyl (C=O) groups is 2. The number of hydrogen-bond acceptors (Lipinski definition) is 3. The van der Waals surface area contributed by atoms with E-state index in [0.29, 0.717) is 11.3 Å². The zero-order valence-corrected chi connectivity index (χ0v) is 17.5. The number of hydrogen-bond donors (Lipinski definition) is 2. The van der Waals surface area contributed by atoms with Crippen LogP contribution in [0, 0.1) is 3.57 Å². The number of anilines is 1. The largest absolute Gasteiger partial charge is 0.343 e. The van der Waals surface area contributed by atoms with Gasteiger partial charge in [0.1, 0.15) is 5.82 Å². The first kappa shape index (κ1) is 18.9. The van der Waals surface area contributed by atoms with Crippen molar-refractivity contribution in [2.45, 2.75) is 32.2 Å². The van der Waals surface area contributed by atoms with E-state index in [1.54, 1.807) is 12.1 Å². The van der Waals surface area contributed by atoms with Gasteiger partial charge in [0.15, 0.2) is 0 Å². The number of nitrogens with zero attached hydrogens (tertiary/aromatic N) is 2. The van der Waals surface area contributed by atoms with Gasteiger partial charge in [0.2, 0.25) is 5.91 Å². The maximum atomic E-state index is 12.3. The van der Waals surface area contributed by atoms with Crippen LogP contribution >= 0.6 is 22.6 Å². The number of imidazole rings is 1. The number of aryl methyl sites for hydroxylation is 2. The van der Waals surface area contributed by atoms with Crippen LogP contribution in [0.25, 0.3) is 11.0 Å². The summed E-state index contributed by atoms with van der Waals surface area (Å²) in [6.07, 6.45) is 4.59. The van der Waals surface area contributed by atoms with Crippen LogP contribution < -0.4 is 10.6 Å². The summed E-state index contributed by atoms with van der Waals surface area (Å²) in [5.41, 5.74) is 3.27.